The van der Waals surface area contributed by atoms with E-state index in [1.807, 2.05) is 29.3 Å². The third-order valence-corrected chi connectivity index (χ3v) is 4.38. The second kappa shape index (κ2) is 5.65. The molecule has 0 saturated carbocycles. The van der Waals surface area contributed by atoms with Gasteiger partial charge in [0, 0.05) is 13.1 Å². The molecule has 17 heavy (non-hydrogen) atoms. The molecule has 1 aliphatic heterocycles. The fourth-order valence-electron chi connectivity index (χ4n) is 2.38. The van der Waals surface area contributed by atoms with Crippen LogP contribution >= 0.6 is 11.3 Å². The lowest BCUT2D eigenvalue weighted by molar-refractivity contribution is 0.0456. The lowest BCUT2D eigenvalue weighted by atomic mass is 9.90. The van der Waals surface area contributed by atoms with Crippen LogP contribution in [0.25, 0.3) is 0 Å². The third-order valence-electron chi connectivity index (χ3n) is 3.52. The molecule has 0 radical (unpaired) electrons. The lowest BCUT2D eigenvalue weighted by Gasteiger charge is -2.33. The minimum absolute atomic E-state index is 0.143. The van der Waals surface area contributed by atoms with E-state index in [-0.39, 0.29) is 12.0 Å². The SMILES string of the molecule is CCC(O)C1CCN(C(=O)c2cccs2)CC1. The van der Waals surface area contributed by atoms with Gasteiger partial charge in [-0.3, -0.25) is 4.79 Å². The van der Waals surface area contributed by atoms with Gasteiger partial charge >= 0.3 is 0 Å². The summed E-state index contributed by atoms with van der Waals surface area (Å²) in [7, 11) is 0. The van der Waals surface area contributed by atoms with Gasteiger partial charge in [0.1, 0.15) is 0 Å². The Morgan fingerprint density at radius 3 is 2.82 bits per heavy atom. The van der Waals surface area contributed by atoms with Crippen molar-refractivity contribution in [2.75, 3.05) is 13.1 Å². The number of hydrogen-bond acceptors (Lipinski definition) is 3. The van der Waals surface area contributed by atoms with Crippen LogP contribution < -0.4 is 0 Å². The van der Waals surface area contributed by atoms with Gasteiger partial charge in [0.2, 0.25) is 0 Å². The van der Waals surface area contributed by atoms with E-state index < -0.39 is 0 Å². The standard InChI is InChI=1S/C13H19NO2S/c1-2-11(15)10-5-7-14(8-6-10)13(16)12-4-3-9-17-12/h3-4,9-11,15H,2,5-8H2,1H3. The largest absolute Gasteiger partial charge is 0.393 e. The van der Waals surface area contributed by atoms with E-state index in [4.69, 9.17) is 0 Å². The number of thiophene rings is 1. The summed E-state index contributed by atoms with van der Waals surface area (Å²) >= 11 is 1.50. The number of rotatable bonds is 3. The summed E-state index contributed by atoms with van der Waals surface area (Å²) in [4.78, 5) is 14.8. The summed E-state index contributed by atoms with van der Waals surface area (Å²) in [6, 6.07) is 3.78. The first-order valence-corrected chi connectivity index (χ1v) is 7.11. The summed E-state index contributed by atoms with van der Waals surface area (Å²) in [5.74, 6) is 0.511. The van der Waals surface area contributed by atoms with Gasteiger partial charge in [0.25, 0.3) is 5.91 Å². The molecule has 3 nitrogen and oxygen atoms in total. The number of likely N-dealkylation sites (tertiary alicyclic amines) is 1. The smallest absolute Gasteiger partial charge is 0.263 e. The topological polar surface area (TPSA) is 40.5 Å². The van der Waals surface area contributed by atoms with E-state index in [0.29, 0.717) is 5.92 Å². The highest BCUT2D eigenvalue weighted by molar-refractivity contribution is 7.12. The number of aliphatic hydroxyl groups is 1. The average molecular weight is 253 g/mol. The summed E-state index contributed by atoms with van der Waals surface area (Å²) in [6.07, 6.45) is 2.45. The van der Waals surface area contributed by atoms with E-state index >= 15 is 0 Å². The lowest BCUT2D eigenvalue weighted by Crippen LogP contribution is -2.40. The minimum atomic E-state index is -0.200. The van der Waals surface area contributed by atoms with Crippen molar-refractivity contribution in [2.24, 2.45) is 5.92 Å². The van der Waals surface area contributed by atoms with Gasteiger partial charge < -0.3 is 10.0 Å². The first-order chi connectivity index (χ1) is 8.22. The van der Waals surface area contributed by atoms with Crippen molar-refractivity contribution in [3.05, 3.63) is 22.4 Å². The number of nitrogens with zero attached hydrogens (tertiary/aromatic N) is 1. The third kappa shape index (κ3) is 2.87. The van der Waals surface area contributed by atoms with Crippen LogP contribution in [0.5, 0.6) is 0 Å². The average Bonchev–Trinajstić information content (AvgIpc) is 2.91. The van der Waals surface area contributed by atoms with Crippen LogP contribution in [0.1, 0.15) is 35.9 Å². The molecule has 1 aromatic rings. The van der Waals surface area contributed by atoms with Crippen LogP contribution in [0.2, 0.25) is 0 Å². The number of amides is 1. The molecule has 2 heterocycles. The molecule has 4 heteroatoms. The maximum absolute atomic E-state index is 12.1. The zero-order valence-corrected chi connectivity index (χ0v) is 10.9. The molecule has 94 valence electrons. The molecule has 1 amide bonds. The van der Waals surface area contributed by atoms with Crippen molar-refractivity contribution < 1.29 is 9.90 Å². The molecule has 1 atom stereocenters. The fourth-order valence-corrected chi connectivity index (χ4v) is 3.07. The molecule has 1 aromatic heterocycles. The fraction of sp³-hybridized carbons (Fsp3) is 0.615. The van der Waals surface area contributed by atoms with Gasteiger partial charge in [-0.1, -0.05) is 13.0 Å². The molecule has 1 aliphatic rings. The van der Waals surface area contributed by atoms with E-state index in [2.05, 4.69) is 0 Å². The van der Waals surface area contributed by atoms with Crippen LogP contribution in [-0.4, -0.2) is 35.1 Å². The maximum Gasteiger partial charge on any atom is 0.263 e. The quantitative estimate of drug-likeness (QED) is 0.898. The zero-order chi connectivity index (χ0) is 12.3. The van der Waals surface area contributed by atoms with Crippen molar-refractivity contribution in [1.29, 1.82) is 0 Å². The van der Waals surface area contributed by atoms with Crippen LogP contribution in [-0.2, 0) is 0 Å². The second-order valence-electron chi connectivity index (χ2n) is 4.58. The summed E-state index contributed by atoms with van der Waals surface area (Å²) in [6.45, 7) is 3.56. The van der Waals surface area contributed by atoms with Gasteiger partial charge in [-0.2, -0.15) is 0 Å². The molecule has 2 rings (SSSR count). The molecule has 0 bridgehead atoms. The predicted molar refractivity (Wildman–Crippen MR) is 69.2 cm³/mol. The van der Waals surface area contributed by atoms with Gasteiger partial charge in [-0.05, 0) is 36.6 Å². The highest BCUT2D eigenvalue weighted by atomic mass is 32.1. The Bertz CT molecular complexity index is 356. The van der Waals surface area contributed by atoms with Crippen molar-refractivity contribution in [2.45, 2.75) is 32.3 Å². The van der Waals surface area contributed by atoms with Gasteiger partial charge in [-0.25, -0.2) is 0 Å². The molecule has 1 saturated heterocycles. The normalized spacial score (nSPS) is 19.3. The molecule has 0 spiro atoms. The number of hydrogen-bond donors (Lipinski definition) is 1. The molecule has 1 unspecified atom stereocenters. The Labute approximate surface area is 106 Å². The number of carbonyl (C=O) groups is 1. The monoisotopic (exact) mass is 253 g/mol. The van der Waals surface area contributed by atoms with E-state index in [9.17, 15) is 9.90 Å². The molecule has 0 aliphatic carbocycles. The van der Waals surface area contributed by atoms with Crippen LogP contribution in [0, 0.1) is 5.92 Å². The Morgan fingerprint density at radius 2 is 2.29 bits per heavy atom. The van der Waals surface area contributed by atoms with E-state index in [0.717, 1.165) is 37.2 Å². The van der Waals surface area contributed by atoms with E-state index in [1.54, 1.807) is 0 Å². The zero-order valence-electron chi connectivity index (χ0n) is 10.1. The molecular weight excluding hydrogens is 234 g/mol. The first kappa shape index (κ1) is 12.6. The molecular formula is C13H19NO2S. The minimum Gasteiger partial charge on any atom is -0.393 e. The number of carbonyl (C=O) groups excluding carboxylic acids is 1. The first-order valence-electron chi connectivity index (χ1n) is 6.23. The highest BCUT2D eigenvalue weighted by Crippen LogP contribution is 2.24. The summed E-state index contributed by atoms with van der Waals surface area (Å²) in [5, 5.41) is 11.7. The van der Waals surface area contributed by atoms with Gasteiger partial charge in [-0.15, -0.1) is 11.3 Å². The van der Waals surface area contributed by atoms with Crippen LogP contribution in [0.4, 0.5) is 0 Å². The molecule has 1 fully saturated rings. The summed E-state index contributed by atoms with van der Waals surface area (Å²) in [5.41, 5.74) is 0. The van der Waals surface area contributed by atoms with Gasteiger partial charge in [0.15, 0.2) is 0 Å². The van der Waals surface area contributed by atoms with Crippen molar-refractivity contribution >= 4 is 17.2 Å². The number of piperidine rings is 1. The van der Waals surface area contributed by atoms with Crippen LogP contribution in [0.15, 0.2) is 17.5 Å². The van der Waals surface area contributed by atoms with Crippen molar-refractivity contribution in [3.63, 3.8) is 0 Å². The van der Waals surface area contributed by atoms with Gasteiger partial charge in [0.05, 0.1) is 11.0 Å². The summed E-state index contributed by atoms with van der Waals surface area (Å²) < 4.78 is 0. The Balaban J connectivity index is 1.89. The second-order valence-corrected chi connectivity index (χ2v) is 5.53. The van der Waals surface area contributed by atoms with Crippen molar-refractivity contribution in [1.82, 2.24) is 4.90 Å². The molecule has 0 aromatic carbocycles. The molecule has 1 N–H and O–H groups in total. The van der Waals surface area contributed by atoms with Crippen molar-refractivity contribution in [3.8, 4) is 0 Å². The Hall–Kier alpha value is -0.870. The van der Waals surface area contributed by atoms with E-state index in [1.165, 1.54) is 11.3 Å². The Morgan fingerprint density at radius 1 is 1.59 bits per heavy atom. The number of aliphatic hydroxyl groups excluding tert-OH is 1. The maximum atomic E-state index is 12.1. The predicted octanol–water partition coefficient (Wildman–Crippen LogP) is 2.37. The highest BCUT2D eigenvalue weighted by Gasteiger charge is 2.27. The van der Waals surface area contributed by atoms with Crippen LogP contribution in [0.3, 0.4) is 0 Å². The Kier molecular flexibility index (Phi) is 4.18.